The van der Waals surface area contributed by atoms with E-state index < -0.39 is 0 Å². The average Bonchev–Trinajstić information content (AvgIpc) is 3.31. The van der Waals surface area contributed by atoms with Crippen LogP contribution < -0.4 is 24.4 Å². The lowest BCUT2D eigenvalue weighted by atomic mass is 10.1. The molecule has 1 aromatic carbocycles. The zero-order valence-corrected chi connectivity index (χ0v) is 21.2. The van der Waals surface area contributed by atoms with E-state index in [-0.39, 0.29) is 24.0 Å². The molecule has 0 saturated carbocycles. The van der Waals surface area contributed by atoms with E-state index in [0.717, 1.165) is 44.2 Å². The van der Waals surface area contributed by atoms with Gasteiger partial charge in [-0.2, -0.15) is 0 Å². The summed E-state index contributed by atoms with van der Waals surface area (Å²) in [7, 11) is 4.93. The molecule has 0 radical (unpaired) electrons. The standard InChI is InChI=1S/C21H30N4O3S.HI/c1-5-22-21(25-10-8-24(9-11-25)20-7-6-12-29-20)23-15-17-18(27-3)13-16(26-2)14-19(17)28-4;/h6-7,12-14H,5,8-11,15H2,1-4H3,(H,22,23);1H. The van der Waals surface area contributed by atoms with Gasteiger partial charge in [-0.1, -0.05) is 0 Å². The number of piperazine rings is 1. The zero-order chi connectivity index (χ0) is 20.6. The fourth-order valence-corrected chi connectivity index (χ4v) is 4.19. The Balaban J connectivity index is 0.00000320. The van der Waals surface area contributed by atoms with Crippen LogP contribution in [0.15, 0.2) is 34.6 Å². The van der Waals surface area contributed by atoms with Gasteiger partial charge in [0.15, 0.2) is 5.96 Å². The molecule has 0 amide bonds. The molecule has 1 fully saturated rings. The van der Waals surface area contributed by atoms with Crippen molar-refractivity contribution < 1.29 is 14.2 Å². The van der Waals surface area contributed by atoms with Crippen LogP contribution in [0, 0.1) is 0 Å². The van der Waals surface area contributed by atoms with Crippen LogP contribution >= 0.6 is 35.3 Å². The molecule has 9 heteroatoms. The molecule has 1 aliphatic rings. The number of nitrogens with zero attached hydrogens (tertiary/aromatic N) is 3. The molecular formula is C21H31IN4O3S. The molecule has 30 heavy (non-hydrogen) atoms. The third-order valence-electron chi connectivity index (χ3n) is 4.94. The van der Waals surface area contributed by atoms with E-state index in [4.69, 9.17) is 19.2 Å². The van der Waals surface area contributed by atoms with Gasteiger partial charge in [-0.15, -0.1) is 35.3 Å². The minimum Gasteiger partial charge on any atom is -0.496 e. The Bertz CT molecular complexity index is 784. The van der Waals surface area contributed by atoms with Crippen LogP contribution in [0.3, 0.4) is 0 Å². The Morgan fingerprint density at radius 2 is 1.73 bits per heavy atom. The molecule has 3 rings (SSSR count). The van der Waals surface area contributed by atoms with Crippen LogP contribution in [0.2, 0.25) is 0 Å². The number of rotatable bonds is 7. The summed E-state index contributed by atoms with van der Waals surface area (Å²) >= 11 is 1.79. The Hall–Kier alpha value is -1.88. The van der Waals surface area contributed by atoms with E-state index in [1.54, 1.807) is 32.7 Å². The molecule has 0 atom stereocenters. The van der Waals surface area contributed by atoms with E-state index in [1.165, 1.54) is 5.00 Å². The molecule has 0 unspecified atom stereocenters. The number of ether oxygens (including phenoxy) is 3. The second-order valence-corrected chi connectivity index (χ2v) is 7.53. The number of nitrogens with one attached hydrogen (secondary N) is 1. The van der Waals surface area contributed by atoms with E-state index in [1.807, 2.05) is 12.1 Å². The van der Waals surface area contributed by atoms with Gasteiger partial charge in [-0.25, -0.2) is 4.99 Å². The van der Waals surface area contributed by atoms with Crippen molar-refractivity contribution in [1.82, 2.24) is 10.2 Å². The number of hydrogen-bond acceptors (Lipinski definition) is 6. The van der Waals surface area contributed by atoms with E-state index in [9.17, 15) is 0 Å². The van der Waals surface area contributed by atoms with Gasteiger partial charge in [-0.3, -0.25) is 0 Å². The number of anilines is 1. The largest absolute Gasteiger partial charge is 0.496 e. The Labute approximate surface area is 200 Å². The predicted octanol–water partition coefficient (Wildman–Crippen LogP) is 3.68. The number of thiophene rings is 1. The van der Waals surface area contributed by atoms with Crippen LogP contribution in [-0.4, -0.2) is 64.9 Å². The number of methoxy groups -OCH3 is 3. The van der Waals surface area contributed by atoms with E-state index in [2.05, 4.69) is 39.6 Å². The molecule has 2 aromatic rings. The first-order valence-corrected chi connectivity index (χ1v) is 10.7. The molecule has 1 aliphatic heterocycles. The zero-order valence-electron chi connectivity index (χ0n) is 18.0. The SMILES string of the molecule is CCNC(=NCc1c(OC)cc(OC)cc1OC)N1CCN(c2cccs2)CC1.I. The smallest absolute Gasteiger partial charge is 0.194 e. The van der Waals surface area contributed by atoms with Gasteiger partial charge in [0, 0.05) is 44.9 Å². The quantitative estimate of drug-likeness (QED) is 0.325. The molecule has 2 heterocycles. The first-order chi connectivity index (χ1) is 14.2. The van der Waals surface area contributed by atoms with Crippen LogP contribution in [0.5, 0.6) is 17.2 Å². The van der Waals surface area contributed by atoms with Crippen molar-refractivity contribution in [3.05, 3.63) is 35.2 Å². The molecule has 1 aromatic heterocycles. The highest BCUT2D eigenvalue weighted by atomic mass is 127. The molecule has 0 spiro atoms. The van der Waals surface area contributed by atoms with Crippen molar-refractivity contribution in [1.29, 1.82) is 0 Å². The summed E-state index contributed by atoms with van der Waals surface area (Å²) in [6.07, 6.45) is 0. The minimum absolute atomic E-state index is 0. The predicted molar refractivity (Wildman–Crippen MR) is 134 cm³/mol. The van der Waals surface area contributed by atoms with Gasteiger partial charge in [0.25, 0.3) is 0 Å². The summed E-state index contributed by atoms with van der Waals surface area (Å²) < 4.78 is 16.4. The second kappa shape index (κ2) is 12.1. The lowest BCUT2D eigenvalue weighted by Crippen LogP contribution is -2.52. The van der Waals surface area contributed by atoms with Crippen molar-refractivity contribution in [2.45, 2.75) is 13.5 Å². The van der Waals surface area contributed by atoms with Crippen LogP contribution in [0.4, 0.5) is 5.00 Å². The number of halogens is 1. The third-order valence-corrected chi connectivity index (χ3v) is 5.86. The summed E-state index contributed by atoms with van der Waals surface area (Å²) in [6.45, 7) is 7.21. The summed E-state index contributed by atoms with van der Waals surface area (Å²) in [5.41, 5.74) is 0.906. The maximum Gasteiger partial charge on any atom is 0.194 e. The monoisotopic (exact) mass is 546 g/mol. The highest BCUT2D eigenvalue weighted by Crippen LogP contribution is 2.34. The maximum atomic E-state index is 5.55. The Morgan fingerprint density at radius 1 is 1.07 bits per heavy atom. The van der Waals surface area contributed by atoms with Crippen LogP contribution in [0.25, 0.3) is 0 Å². The molecule has 7 nitrogen and oxygen atoms in total. The van der Waals surface area contributed by atoms with Gasteiger partial charge in [0.1, 0.15) is 17.2 Å². The van der Waals surface area contributed by atoms with Crippen molar-refractivity contribution in [2.24, 2.45) is 4.99 Å². The summed E-state index contributed by atoms with van der Waals surface area (Å²) in [5.74, 6) is 3.04. The first kappa shape index (κ1) is 24.4. The number of guanidine groups is 1. The second-order valence-electron chi connectivity index (χ2n) is 6.61. The summed E-state index contributed by atoms with van der Waals surface area (Å²) in [4.78, 5) is 9.63. The fourth-order valence-electron chi connectivity index (χ4n) is 3.40. The molecular weight excluding hydrogens is 515 g/mol. The highest BCUT2D eigenvalue weighted by molar-refractivity contribution is 14.0. The van der Waals surface area contributed by atoms with Crippen molar-refractivity contribution >= 4 is 46.3 Å². The Morgan fingerprint density at radius 3 is 2.23 bits per heavy atom. The first-order valence-electron chi connectivity index (χ1n) is 9.80. The number of aliphatic imine (C=N–C) groups is 1. The van der Waals surface area contributed by atoms with Crippen molar-refractivity contribution in [2.75, 3.05) is 59.0 Å². The van der Waals surface area contributed by atoms with Crippen molar-refractivity contribution in [3.8, 4) is 17.2 Å². The normalized spacial score (nSPS) is 14.2. The molecule has 1 saturated heterocycles. The van der Waals surface area contributed by atoms with Gasteiger partial charge in [0.05, 0.1) is 38.4 Å². The number of benzene rings is 1. The van der Waals surface area contributed by atoms with Gasteiger partial charge < -0.3 is 29.3 Å². The third kappa shape index (κ3) is 5.84. The molecule has 0 bridgehead atoms. The maximum absolute atomic E-state index is 5.55. The van der Waals surface area contributed by atoms with Crippen LogP contribution in [0.1, 0.15) is 12.5 Å². The van der Waals surface area contributed by atoms with Gasteiger partial charge in [0.2, 0.25) is 0 Å². The number of hydrogen-bond donors (Lipinski definition) is 1. The molecule has 0 aliphatic carbocycles. The van der Waals surface area contributed by atoms with Crippen LogP contribution in [-0.2, 0) is 6.54 Å². The lowest BCUT2D eigenvalue weighted by Gasteiger charge is -2.37. The fraction of sp³-hybridized carbons (Fsp3) is 0.476. The van der Waals surface area contributed by atoms with Crippen molar-refractivity contribution in [3.63, 3.8) is 0 Å². The lowest BCUT2D eigenvalue weighted by molar-refractivity contribution is 0.366. The summed E-state index contributed by atoms with van der Waals surface area (Å²) in [6, 6.07) is 8.01. The highest BCUT2D eigenvalue weighted by Gasteiger charge is 2.21. The van der Waals surface area contributed by atoms with Gasteiger partial charge >= 0.3 is 0 Å². The minimum atomic E-state index is 0. The van der Waals surface area contributed by atoms with Gasteiger partial charge in [-0.05, 0) is 24.4 Å². The topological polar surface area (TPSA) is 58.6 Å². The average molecular weight is 546 g/mol. The molecule has 166 valence electrons. The summed E-state index contributed by atoms with van der Waals surface area (Å²) in [5, 5.41) is 6.88. The van der Waals surface area contributed by atoms with E-state index >= 15 is 0 Å². The van der Waals surface area contributed by atoms with E-state index in [0.29, 0.717) is 23.8 Å². The molecule has 1 N–H and O–H groups in total. The Kier molecular flexibility index (Phi) is 9.83.